The van der Waals surface area contributed by atoms with Gasteiger partial charge in [0.15, 0.2) is 5.78 Å². The third kappa shape index (κ3) is 7.99. The van der Waals surface area contributed by atoms with Crippen molar-refractivity contribution in [2.24, 2.45) is 11.7 Å². The van der Waals surface area contributed by atoms with Crippen molar-refractivity contribution in [1.82, 2.24) is 25.8 Å². The van der Waals surface area contributed by atoms with Gasteiger partial charge in [0.2, 0.25) is 23.6 Å². The second-order valence-corrected chi connectivity index (χ2v) is 15.5. The van der Waals surface area contributed by atoms with Crippen molar-refractivity contribution in [3.8, 4) is 0 Å². The van der Waals surface area contributed by atoms with Gasteiger partial charge in [-0.2, -0.15) is 0 Å². The number of rotatable bonds is 11. The summed E-state index contributed by atoms with van der Waals surface area (Å²) in [5.41, 5.74) is 6.88. The van der Waals surface area contributed by atoms with Crippen LogP contribution in [0.4, 0.5) is 0 Å². The first-order valence-corrected chi connectivity index (χ1v) is 17.5. The summed E-state index contributed by atoms with van der Waals surface area (Å²) >= 11 is 1.54. The Morgan fingerprint density at radius 2 is 1.79 bits per heavy atom. The molecule has 2 saturated heterocycles. The standard InChI is InChI=1S/C34H46N6O6S/c1-19(41)21-12-13-23-22(16-21)17-26(37-23)31(44)39-25-10-7-11-28-40(33(25)46)29(34(2,3)47-28)32(45)38-24(14-15-27(35)42)30(43)36-18-20-8-5-4-6-9-20/h12-13,16-17,20,24-25,28-29,37H,4-11,14-15,18H2,1-3H3,(H2,35,42)(H,36,43)(H,38,45)(H,39,44)/t24-,25-,28+,29+/m0/s1. The highest BCUT2D eigenvalue weighted by Crippen LogP contribution is 2.47. The van der Waals surface area contributed by atoms with Gasteiger partial charge in [-0.05, 0) is 89.5 Å². The maximum absolute atomic E-state index is 14.1. The number of Topliss-reactive ketones (excluding diaryl/α,β-unsaturated/α-hetero) is 1. The predicted molar refractivity (Wildman–Crippen MR) is 179 cm³/mol. The summed E-state index contributed by atoms with van der Waals surface area (Å²) in [5.74, 6) is -1.94. The van der Waals surface area contributed by atoms with Gasteiger partial charge in [-0.25, -0.2) is 0 Å². The van der Waals surface area contributed by atoms with Gasteiger partial charge in [-0.15, -0.1) is 11.8 Å². The summed E-state index contributed by atoms with van der Waals surface area (Å²) in [7, 11) is 0. The van der Waals surface area contributed by atoms with Crippen LogP contribution in [0.5, 0.6) is 0 Å². The molecule has 1 aliphatic carbocycles. The molecule has 2 aromatic rings. The highest BCUT2D eigenvalue weighted by atomic mass is 32.2. The minimum atomic E-state index is -0.985. The van der Waals surface area contributed by atoms with Crippen LogP contribution in [-0.2, 0) is 19.2 Å². The van der Waals surface area contributed by atoms with Crippen molar-refractivity contribution in [3.63, 3.8) is 0 Å². The maximum atomic E-state index is 14.1. The molecule has 12 nitrogen and oxygen atoms in total. The maximum Gasteiger partial charge on any atom is 0.268 e. The van der Waals surface area contributed by atoms with Gasteiger partial charge in [-0.3, -0.25) is 28.8 Å². The van der Waals surface area contributed by atoms with Gasteiger partial charge in [0.25, 0.3) is 5.91 Å². The Bertz CT molecular complexity index is 1550. The third-order valence-electron chi connectivity index (χ3n) is 9.61. The van der Waals surface area contributed by atoms with Crippen LogP contribution in [0.15, 0.2) is 24.3 Å². The highest BCUT2D eigenvalue weighted by molar-refractivity contribution is 8.01. The fraction of sp³-hybridized carbons (Fsp3) is 0.588. The van der Waals surface area contributed by atoms with E-state index in [1.807, 2.05) is 13.8 Å². The molecular weight excluding hydrogens is 620 g/mol. The van der Waals surface area contributed by atoms with Crippen molar-refractivity contribution in [1.29, 1.82) is 0 Å². The molecule has 254 valence electrons. The van der Waals surface area contributed by atoms with E-state index < -0.39 is 40.6 Å². The summed E-state index contributed by atoms with van der Waals surface area (Å²) in [4.78, 5) is 82.9. The minimum absolute atomic E-state index is 0.0479. The van der Waals surface area contributed by atoms with E-state index in [0.717, 1.165) is 25.7 Å². The molecule has 3 aliphatic rings. The Balaban J connectivity index is 1.31. The van der Waals surface area contributed by atoms with E-state index in [9.17, 15) is 28.8 Å². The Morgan fingerprint density at radius 1 is 1.04 bits per heavy atom. The molecular formula is C34H46N6O6S. The molecule has 2 aliphatic heterocycles. The van der Waals surface area contributed by atoms with Gasteiger partial charge < -0.3 is 31.6 Å². The fourth-order valence-electron chi connectivity index (χ4n) is 7.09. The fourth-order valence-corrected chi connectivity index (χ4v) is 8.77. The van der Waals surface area contributed by atoms with Crippen molar-refractivity contribution < 1.29 is 28.8 Å². The molecule has 1 aromatic carbocycles. The van der Waals surface area contributed by atoms with E-state index in [-0.39, 0.29) is 41.5 Å². The molecule has 1 saturated carbocycles. The molecule has 5 amide bonds. The third-order valence-corrected chi connectivity index (χ3v) is 11.2. The number of nitrogens with two attached hydrogens (primary N) is 1. The Labute approximate surface area is 279 Å². The zero-order valence-corrected chi connectivity index (χ0v) is 28.2. The van der Waals surface area contributed by atoms with Crippen molar-refractivity contribution in [2.45, 2.75) is 113 Å². The van der Waals surface area contributed by atoms with Gasteiger partial charge in [0.05, 0.1) is 5.37 Å². The minimum Gasteiger partial charge on any atom is -0.370 e. The quantitative estimate of drug-likeness (QED) is 0.228. The molecule has 3 fully saturated rings. The van der Waals surface area contributed by atoms with Crippen LogP contribution in [0.2, 0.25) is 0 Å². The second-order valence-electron chi connectivity index (χ2n) is 13.6. The molecule has 47 heavy (non-hydrogen) atoms. The topological polar surface area (TPSA) is 184 Å². The number of hydrogen-bond donors (Lipinski definition) is 5. The first kappa shape index (κ1) is 34.5. The van der Waals surface area contributed by atoms with Crippen LogP contribution in [0.3, 0.4) is 0 Å². The normalized spacial score (nSPS) is 23.4. The summed E-state index contributed by atoms with van der Waals surface area (Å²) in [6, 6.07) is 4.04. The number of carbonyl (C=O) groups is 6. The predicted octanol–water partition coefficient (Wildman–Crippen LogP) is 3.15. The number of nitrogens with zero attached hydrogens (tertiary/aromatic N) is 1. The number of ketones is 1. The van der Waals surface area contributed by atoms with Crippen LogP contribution >= 0.6 is 11.8 Å². The average Bonchev–Trinajstić information content (AvgIpc) is 3.54. The van der Waals surface area contributed by atoms with Crippen LogP contribution in [0.1, 0.15) is 106 Å². The molecule has 0 unspecified atom stereocenters. The van der Waals surface area contributed by atoms with E-state index in [2.05, 4.69) is 20.9 Å². The zero-order chi connectivity index (χ0) is 33.9. The highest BCUT2D eigenvalue weighted by Gasteiger charge is 2.55. The summed E-state index contributed by atoms with van der Waals surface area (Å²) in [6.07, 6.45) is 7.24. The van der Waals surface area contributed by atoms with E-state index in [1.165, 1.54) is 25.1 Å². The largest absolute Gasteiger partial charge is 0.370 e. The number of H-pyrrole nitrogens is 1. The SMILES string of the molecule is CC(=O)c1ccc2[nH]c(C(=O)N[C@H]3CCC[C@H]4SC(C)(C)[C@@H](C(=O)N[C@@H](CCC(N)=O)C(=O)NCC5CCCCC5)N4C3=O)cc2c1. The van der Waals surface area contributed by atoms with E-state index in [0.29, 0.717) is 48.2 Å². The Kier molecular flexibility index (Phi) is 10.6. The molecule has 13 heteroatoms. The molecule has 3 heterocycles. The first-order chi connectivity index (χ1) is 22.3. The second kappa shape index (κ2) is 14.5. The Morgan fingerprint density at radius 3 is 2.49 bits per heavy atom. The number of benzene rings is 1. The molecule has 0 radical (unpaired) electrons. The van der Waals surface area contributed by atoms with E-state index in [4.69, 9.17) is 5.73 Å². The number of carbonyl (C=O) groups excluding carboxylic acids is 6. The lowest BCUT2D eigenvalue weighted by atomic mass is 9.89. The molecule has 0 bridgehead atoms. The lowest BCUT2D eigenvalue weighted by Gasteiger charge is -2.34. The number of aromatic amines is 1. The van der Waals surface area contributed by atoms with E-state index in [1.54, 1.807) is 29.2 Å². The lowest BCUT2D eigenvalue weighted by Crippen LogP contribution is -2.60. The number of thioether (sulfide) groups is 1. The number of hydrogen-bond acceptors (Lipinski definition) is 7. The number of amides is 5. The van der Waals surface area contributed by atoms with Gasteiger partial charge >= 0.3 is 0 Å². The number of primary amides is 1. The average molecular weight is 667 g/mol. The summed E-state index contributed by atoms with van der Waals surface area (Å²) in [5, 5.41) is 9.13. The van der Waals surface area contributed by atoms with Crippen LogP contribution < -0.4 is 21.7 Å². The first-order valence-electron chi connectivity index (χ1n) is 16.6. The van der Waals surface area contributed by atoms with Crippen molar-refractivity contribution >= 4 is 58.0 Å². The lowest BCUT2D eigenvalue weighted by molar-refractivity contribution is -0.143. The van der Waals surface area contributed by atoms with Gasteiger partial charge in [-0.1, -0.05) is 19.3 Å². The van der Waals surface area contributed by atoms with Crippen molar-refractivity contribution in [2.75, 3.05) is 6.54 Å². The van der Waals surface area contributed by atoms with Crippen LogP contribution in [0, 0.1) is 5.92 Å². The molecule has 4 atom stereocenters. The van der Waals surface area contributed by atoms with Gasteiger partial charge in [0, 0.05) is 34.2 Å². The smallest absolute Gasteiger partial charge is 0.268 e. The number of nitrogens with one attached hydrogen (secondary N) is 4. The number of aromatic nitrogens is 1. The van der Waals surface area contributed by atoms with Gasteiger partial charge in [0.1, 0.15) is 23.8 Å². The Hall–Kier alpha value is -3.87. The monoisotopic (exact) mass is 666 g/mol. The van der Waals surface area contributed by atoms with E-state index >= 15 is 0 Å². The number of fused-ring (bicyclic) bond motifs is 2. The molecule has 1 aromatic heterocycles. The molecule has 5 rings (SSSR count). The molecule has 6 N–H and O–H groups in total. The van der Waals surface area contributed by atoms with Crippen LogP contribution in [0.25, 0.3) is 10.9 Å². The van der Waals surface area contributed by atoms with Crippen molar-refractivity contribution in [3.05, 3.63) is 35.5 Å². The van der Waals surface area contributed by atoms with Crippen LogP contribution in [-0.4, -0.2) is 80.0 Å². The zero-order valence-electron chi connectivity index (χ0n) is 27.4. The molecule has 0 spiro atoms. The summed E-state index contributed by atoms with van der Waals surface area (Å²) < 4.78 is -0.686. The summed E-state index contributed by atoms with van der Waals surface area (Å²) in [6.45, 7) is 5.79.